The number of sulfone groups is 1. The Morgan fingerprint density at radius 2 is 1.71 bits per heavy atom. The number of anilines is 1. The molecule has 0 unspecified atom stereocenters. The van der Waals surface area contributed by atoms with Gasteiger partial charge in [-0.15, -0.1) is 0 Å². The van der Waals surface area contributed by atoms with Crippen LogP contribution in [0.25, 0.3) is 0 Å². The number of carboxylic acid groups (broad SMARTS) is 1. The average Bonchev–Trinajstić information content (AvgIpc) is 2.29. The minimum atomic E-state index is -3.95. The molecule has 1 aromatic rings. The number of carbonyl (C=O) groups is 1. The van der Waals surface area contributed by atoms with Gasteiger partial charge in [0, 0.05) is 6.26 Å². The third-order valence-corrected chi connectivity index (χ3v) is 5.15. The molecule has 118 valence electrons. The third-order valence-electron chi connectivity index (χ3n) is 2.69. The van der Waals surface area contributed by atoms with E-state index in [-0.39, 0.29) is 11.3 Å². The van der Waals surface area contributed by atoms with Gasteiger partial charge in [-0.3, -0.25) is 4.72 Å². The van der Waals surface area contributed by atoms with Crippen LogP contribution in [0.1, 0.15) is 21.5 Å². The van der Waals surface area contributed by atoms with Crippen LogP contribution in [0.3, 0.4) is 0 Å². The molecule has 0 radical (unpaired) electrons. The van der Waals surface area contributed by atoms with Gasteiger partial charge in [-0.05, 0) is 31.0 Å². The van der Waals surface area contributed by atoms with Crippen LogP contribution in [0.5, 0.6) is 0 Å². The Balaban J connectivity index is 3.15. The predicted octanol–water partition coefficient (Wildman–Crippen LogP) is 0.788. The van der Waals surface area contributed by atoms with Crippen molar-refractivity contribution in [2.75, 3.05) is 22.5 Å². The number of benzene rings is 1. The molecule has 0 aliphatic rings. The van der Waals surface area contributed by atoms with Crippen molar-refractivity contribution in [2.45, 2.75) is 13.8 Å². The van der Waals surface area contributed by atoms with Crippen LogP contribution in [0.4, 0.5) is 5.69 Å². The highest BCUT2D eigenvalue weighted by Gasteiger charge is 2.20. The lowest BCUT2D eigenvalue weighted by Crippen LogP contribution is -2.24. The molecule has 1 rings (SSSR count). The molecular formula is C12H17NO6S2. The molecule has 7 nitrogen and oxygen atoms in total. The summed E-state index contributed by atoms with van der Waals surface area (Å²) in [4.78, 5) is 11.2. The van der Waals surface area contributed by atoms with Crippen molar-refractivity contribution in [3.8, 4) is 0 Å². The quantitative estimate of drug-likeness (QED) is 0.793. The first-order valence-corrected chi connectivity index (χ1v) is 9.65. The zero-order valence-corrected chi connectivity index (χ0v) is 13.5. The van der Waals surface area contributed by atoms with Crippen molar-refractivity contribution in [2.24, 2.45) is 0 Å². The van der Waals surface area contributed by atoms with Gasteiger partial charge in [0.15, 0.2) is 0 Å². The van der Waals surface area contributed by atoms with Crippen molar-refractivity contribution in [1.29, 1.82) is 0 Å². The van der Waals surface area contributed by atoms with Crippen LogP contribution in [-0.2, 0) is 19.9 Å². The fourth-order valence-corrected chi connectivity index (χ4v) is 4.51. The molecule has 0 spiro atoms. The number of nitrogens with one attached hydrogen (secondary N) is 1. The van der Waals surface area contributed by atoms with Crippen LogP contribution in [0, 0.1) is 13.8 Å². The van der Waals surface area contributed by atoms with E-state index in [2.05, 4.69) is 4.72 Å². The lowest BCUT2D eigenvalue weighted by molar-refractivity contribution is 0.0698. The molecule has 0 fully saturated rings. The summed E-state index contributed by atoms with van der Waals surface area (Å²) in [6, 6.07) is 2.99. The van der Waals surface area contributed by atoms with Crippen LogP contribution in [-0.4, -0.2) is 45.7 Å². The number of carboxylic acids is 1. The molecule has 0 amide bonds. The summed E-state index contributed by atoms with van der Waals surface area (Å²) in [6.07, 6.45) is 0.933. The standard InChI is InChI=1S/C12H17NO6S2/c1-8-6-9(2)11(10(7-8)12(14)15)13-21(18,19)5-4-20(3,16)17/h6-7,13H,4-5H2,1-3H3,(H,14,15). The number of rotatable bonds is 6. The van der Waals surface area contributed by atoms with E-state index < -0.39 is 37.3 Å². The number of sulfonamides is 1. The number of aryl methyl sites for hydroxylation is 2. The van der Waals surface area contributed by atoms with Gasteiger partial charge in [-0.25, -0.2) is 21.6 Å². The molecule has 21 heavy (non-hydrogen) atoms. The minimum Gasteiger partial charge on any atom is -0.478 e. The van der Waals surface area contributed by atoms with Crippen molar-refractivity contribution in [3.05, 3.63) is 28.8 Å². The Morgan fingerprint density at radius 1 is 1.14 bits per heavy atom. The second kappa shape index (κ2) is 6.02. The van der Waals surface area contributed by atoms with Gasteiger partial charge in [0.2, 0.25) is 10.0 Å². The van der Waals surface area contributed by atoms with Crippen LogP contribution < -0.4 is 4.72 Å². The Bertz CT molecular complexity index is 765. The van der Waals surface area contributed by atoms with E-state index in [1.165, 1.54) is 6.07 Å². The maximum Gasteiger partial charge on any atom is 0.337 e. The third kappa shape index (κ3) is 5.35. The molecule has 0 saturated heterocycles. The monoisotopic (exact) mass is 335 g/mol. The van der Waals surface area contributed by atoms with Gasteiger partial charge in [0.05, 0.1) is 22.8 Å². The Hall–Kier alpha value is -1.61. The number of hydrogen-bond donors (Lipinski definition) is 2. The number of hydrogen-bond acceptors (Lipinski definition) is 5. The van der Waals surface area contributed by atoms with Crippen molar-refractivity contribution >= 4 is 31.5 Å². The Labute approximate surface area is 124 Å². The first-order valence-electron chi connectivity index (χ1n) is 5.94. The predicted molar refractivity (Wildman–Crippen MR) is 80.0 cm³/mol. The summed E-state index contributed by atoms with van der Waals surface area (Å²) in [5.74, 6) is -2.42. The van der Waals surface area contributed by atoms with E-state index in [4.69, 9.17) is 5.11 Å². The first kappa shape index (κ1) is 17.4. The first-order chi connectivity index (χ1) is 9.41. The van der Waals surface area contributed by atoms with E-state index >= 15 is 0 Å². The Morgan fingerprint density at radius 3 is 2.19 bits per heavy atom. The van der Waals surface area contributed by atoms with E-state index in [0.717, 1.165) is 6.26 Å². The second-order valence-electron chi connectivity index (χ2n) is 4.86. The molecule has 0 aliphatic carbocycles. The van der Waals surface area contributed by atoms with Gasteiger partial charge in [-0.1, -0.05) is 6.07 Å². The van der Waals surface area contributed by atoms with Crippen LogP contribution in [0.15, 0.2) is 12.1 Å². The van der Waals surface area contributed by atoms with Gasteiger partial charge in [0.25, 0.3) is 0 Å². The summed E-state index contributed by atoms with van der Waals surface area (Å²) >= 11 is 0. The normalized spacial score (nSPS) is 12.1. The highest BCUT2D eigenvalue weighted by atomic mass is 32.2. The molecule has 9 heteroatoms. The van der Waals surface area contributed by atoms with Gasteiger partial charge in [0.1, 0.15) is 9.84 Å². The maximum atomic E-state index is 11.9. The summed E-state index contributed by atoms with van der Waals surface area (Å²) in [7, 11) is -7.38. The summed E-state index contributed by atoms with van der Waals surface area (Å²) < 4.78 is 48.0. The smallest absolute Gasteiger partial charge is 0.337 e. The topological polar surface area (TPSA) is 118 Å². The van der Waals surface area contributed by atoms with Crippen molar-refractivity contribution in [1.82, 2.24) is 0 Å². The molecule has 0 aromatic heterocycles. The molecule has 2 N–H and O–H groups in total. The fraction of sp³-hybridized carbons (Fsp3) is 0.417. The zero-order valence-electron chi connectivity index (χ0n) is 11.9. The van der Waals surface area contributed by atoms with E-state index in [9.17, 15) is 21.6 Å². The summed E-state index contributed by atoms with van der Waals surface area (Å²) in [5, 5.41) is 9.14. The van der Waals surface area contributed by atoms with Crippen LogP contribution in [0.2, 0.25) is 0 Å². The highest BCUT2D eigenvalue weighted by Crippen LogP contribution is 2.24. The summed E-state index contributed by atoms with van der Waals surface area (Å²) in [6.45, 7) is 3.27. The van der Waals surface area contributed by atoms with E-state index in [0.29, 0.717) is 11.1 Å². The van der Waals surface area contributed by atoms with Gasteiger partial charge in [-0.2, -0.15) is 0 Å². The van der Waals surface area contributed by atoms with Crippen molar-refractivity contribution in [3.63, 3.8) is 0 Å². The zero-order chi connectivity index (χ0) is 16.4. The maximum absolute atomic E-state index is 11.9. The lowest BCUT2D eigenvalue weighted by Gasteiger charge is -2.14. The van der Waals surface area contributed by atoms with E-state index in [1.807, 2.05) is 0 Å². The average molecular weight is 335 g/mol. The molecule has 0 saturated carbocycles. The Kier molecular flexibility index (Phi) is 5.00. The molecule has 0 aliphatic heterocycles. The summed E-state index contributed by atoms with van der Waals surface area (Å²) in [5.41, 5.74) is 0.927. The SMILES string of the molecule is Cc1cc(C)c(NS(=O)(=O)CCS(C)(=O)=O)c(C(=O)O)c1. The molecule has 0 bridgehead atoms. The fourth-order valence-electron chi connectivity index (χ4n) is 1.74. The van der Waals surface area contributed by atoms with Crippen molar-refractivity contribution < 1.29 is 26.7 Å². The minimum absolute atomic E-state index is 0.0402. The second-order valence-corrected chi connectivity index (χ2v) is 8.96. The van der Waals surface area contributed by atoms with E-state index in [1.54, 1.807) is 19.9 Å². The highest BCUT2D eigenvalue weighted by molar-refractivity contribution is 7.95. The number of aromatic carboxylic acids is 1. The van der Waals surface area contributed by atoms with Gasteiger partial charge >= 0.3 is 5.97 Å². The molecule has 0 heterocycles. The molecule has 0 atom stereocenters. The molecule has 1 aromatic carbocycles. The van der Waals surface area contributed by atoms with Crippen LogP contribution >= 0.6 is 0 Å². The largest absolute Gasteiger partial charge is 0.478 e. The lowest BCUT2D eigenvalue weighted by atomic mass is 10.0. The van der Waals surface area contributed by atoms with Gasteiger partial charge < -0.3 is 5.11 Å². The molecular weight excluding hydrogens is 318 g/mol.